The zero-order chi connectivity index (χ0) is 53.5. The first-order valence-electron chi connectivity index (χ1n) is 22.6. The van der Waals surface area contributed by atoms with Crippen LogP contribution in [0.2, 0.25) is 30.1 Å². The van der Waals surface area contributed by atoms with E-state index in [2.05, 4.69) is 40.2 Å². The first-order chi connectivity index (χ1) is 36.0. The molecule has 75 heavy (non-hydrogen) atoms. The van der Waals surface area contributed by atoms with E-state index < -0.39 is 9.84 Å². The minimum atomic E-state index is -3.70. The Labute approximate surface area is 474 Å². The van der Waals surface area contributed by atoms with Crippen molar-refractivity contribution >= 4 is 126 Å². The fraction of sp³-hybridized carbons (Fsp3) is 0.0526. The molecule has 0 fully saturated rings. The predicted molar refractivity (Wildman–Crippen MR) is 313 cm³/mol. The number of anilines is 4. The lowest BCUT2D eigenvalue weighted by Gasteiger charge is -2.13. The summed E-state index contributed by atoms with van der Waals surface area (Å²) in [6.45, 7) is 1.27. The van der Waals surface area contributed by atoms with Crippen molar-refractivity contribution in [1.82, 2.24) is 0 Å². The number of hydrogen-bond acceptors (Lipinski definition) is 11. The Morgan fingerprint density at radius 1 is 0.427 bits per heavy atom. The number of phenols is 3. The Morgan fingerprint density at radius 2 is 0.893 bits per heavy atom. The molecular weight excluding hydrogens is 1130 g/mol. The molecule has 0 saturated carbocycles. The molecule has 8 N–H and O–H groups in total. The van der Waals surface area contributed by atoms with Gasteiger partial charge in [-0.25, -0.2) is 8.42 Å². The van der Waals surface area contributed by atoms with E-state index in [1.54, 1.807) is 96.3 Å². The maximum Gasteiger partial charge on any atom is 0.206 e. The number of halogens is 6. The van der Waals surface area contributed by atoms with Crippen molar-refractivity contribution in [2.75, 3.05) is 21.7 Å². The summed E-state index contributed by atoms with van der Waals surface area (Å²) in [6, 6.07) is 57.3. The fourth-order valence-electron chi connectivity index (χ4n) is 7.06. The Balaban J connectivity index is 0.000000164. The van der Waals surface area contributed by atoms with Gasteiger partial charge in [0, 0.05) is 70.0 Å². The third-order valence-electron chi connectivity index (χ3n) is 10.8. The molecule has 0 bridgehead atoms. The van der Waals surface area contributed by atoms with Crippen LogP contribution in [-0.4, -0.2) is 23.7 Å². The summed E-state index contributed by atoms with van der Waals surface area (Å²) < 4.78 is 25.9. The van der Waals surface area contributed by atoms with Crippen molar-refractivity contribution in [3.63, 3.8) is 0 Å². The highest BCUT2D eigenvalue weighted by atomic mass is 35.5. The number of nitrogen functional groups attached to an aromatic ring is 1. The summed E-state index contributed by atoms with van der Waals surface area (Å²) in [5.41, 5.74) is 10.9. The third-order valence-corrected chi connectivity index (χ3v) is 16.4. The number of nitrogens with two attached hydrogens (primary N) is 1. The highest BCUT2D eigenvalue weighted by molar-refractivity contribution is 7.99. The van der Waals surface area contributed by atoms with Crippen LogP contribution in [0.15, 0.2) is 223 Å². The SMILES string of the molecule is Nc1ccc(Sc2ccc(Cl)cc2)c(CNc2cc(Cl)ccc2O)c1.O=S(=O)(c1ccc(Cl)cc1)c1ccccc1CNc1cc(Cl)ccc1O.Oc1c(Cl)cc(Cl)cc1NCc1ccccc1Sc1ccccc1. The molecule has 9 aromatic carbocycles. The first kappa shape index (κ1) is 56.7. The summed E-state index contributed by atoms with van der Waals surface area (Å²) in [4.78, 5) is 4.85. The van der Waals surface area contributed by atoms with E-state index in [1.165, 1.54) is 29.2 Å². The van der Waals surface area contributed by atoms with Crippen LogP contribution in [0.1, 0.15) is 16.7 Å². The van der Waals surface area contributed by atoms with Gasteiger partial charge >= 0.3 is 0 Å². The molecule has 0 spiro atoms. The van der Waals surface area contributed by atoms with Gasteiger partial charge in [-0.3, -0.25) is 0 Å². The van der Waals surface area contributed by atoms with Crippen molar-refractivity contribution in [2.45, 2.75) is 49.0 Å². The molecule has 0 amide bonds. The molecule has 9 rings (SSSR count). The second-order valence-electron chi connectivity index (χ2n) is 16.2. The van der Waals surface area contributed by atoms with Crippen LogP contribution in [0, 0.1) is 0 Å². The summed E-state index contributed by atoms with van der Waals surface area (Å²) in [5.74, 6) is 0.196. The van der Waals surface area contributed by atoms with Crippen LogP contribution in [0.3, 0.4) is 0 Å². The monoisotopic (exact) mass is 1170 g/mol. The lowest BCUT2D eigenvalue weighted by Crippen LogP contribution is -2.09. The van der Waals surface area contributed by atoms with Gasteiger partial charge in [0.25, 0.3) is 0 Å². The Hall–Kier alpha value is -6.03. The van der Waals surface area contributed by atoms with Crippen molar-refractivity contribution in [3.05, 3.63) is 241 Å². The van der Waals surface area contributed by atoms with E-state index in [9.17, 15) is 23.7 Å². The molecular formula is C57H46Cl6N4O5S3. The maximum absolute atomic E-state index is 13.0. The van der Waals surface area contributed by atoms with Crippen LogP contribution >= 0.6 is 93.1 Å². The number of nitrogens with one attached hydrogen (secondary N) is 3. The van der Waals surface area contributed by atoms with Gasteiger partial charge in [0.05, 0.1) is 31.9 Å². The molecule has 0 aliphatic heterocycles. The minimum Gasteiger partial charge on any atom is -0.506 e. The average Bonchev–Trinajstić information content (AvgIpc) is 3.40. The molecule has 0 aliphatic rings. The normalized spacial score (nSPS) is 10.9. The van der Waals surface area contributed by atoms with Crippen molar-refractivity contribution < 1.29 is 23.7 Å². The zero-order valence-corrected chi connectivity index (χ0v) is 46.3. The molecule has 9 nitrogen and oxygen atoms in total. The number of sulfone groups is 1. The van der Waals surface area contributed by atoms with E-state index >= 15 is 0 Å². The number of rotatable bonds is 15. The van der Waals surface area contributed by atoms with Gasteiger partial charge in [-0.05, 0) is 156 Å². The summed E-state index contributed by atoms with van der Waals surface area (Å²) in [6.07, 6.45) is 0. The van der Waals surface area contributed by atoms with E-state index in [4.69, 9.17) is 75.3 Å². The van der Waals surface area contributed by atoms with Crippen LogP contribution in [0.4, 0.5) is 22.7 Å². The van der Waals surface area contributed by atoms with Gasteiger partial charge in [-0.2, -0.15) is 0 Å². The molecule has 9 aromatic rings. The zero-order valence-electron chi connectivity index (χ0n) is 39.3. The largest absolute Gasteiger partial charge is 0.506 e. The summed E-state index contributed by atoms with van der Waals surface area (Å²) in [7, 11) is -3.70. The molecule has 0 atom stereocenters. The number of hydrogen-bond donors (Lipinski definition) is 7. The van der Waals surface area contributed by atoms with Crippen molar-refractivity contribution in [3.8, 4) is 17.2 Å². The lowest BCUT2D eigenvalue weighted by molar-refractivity contribution is 0.476. The maximum atomic E-state index is 13.0. The van der Waals surface area contributed by atoms with Crippen LogP contribution in [0.5, 0.6) is 17.2 Å². The fourth-order valence-corrected chi connectivity index (χ4v) is 11.5. The van der Waals surface area contributed by atoms with Crippen LogP contribution in [-0.2, 0) is 29.5 Å². The van der Waals surface area contributed by atoms with Gasteiger partial charge in [-0.1, -0.05) is 148 Å². The molecule has 0 radical (unpaired) electrons. The Bertz CT molecular complexity index is 3490. The average molecular weight is 1180 g/mol. The van der Waals surface area contributed by atoms with Crippen LogP contribution in [0.25, 0.3) is 0 Å². The van der Waals surface area contributed by atoms with Gasteiger partial charge < -0.3 is 37.0 Å². The number of benzene rings is 9. The smallest absolute Gasteiger partial charge is 0.206 e. The Morgan fingerprint density at radius 3 is 1.52 bits per heavy atom. The number of phenolic OH excluding ortho intramolecular Hbond substituents is 3. The predicted octanol–water partition coefficient (Wildman–Crippen LogP) is 17.7. The van der Waals surface area contributed by atoms with Crippen LogP contribution < -0.4 is 21.7 Å². The van der Waals surface area contributed by atoms with Gasteiger partial charge in [-0.15, -0.1) is 0 Å². The third kappa shape index (κ3) is 16.5. The second-order valence-corrected chi connectivity index (χ2v) is 22.9. The summed E-state index contributed by atoms with van der Waals surface area (Å²) in [5, 5.41) is 42.2. The van der Waals surface area contributed by atoms with Gasteiger partial charge in [0.1, 0.15) is 11.5 Å². The molecule has 0 saturated heterocycles. The van der Waals surface area contributed by atoms with E-state index in [0.29, 0.717) is 66.5 Å². The molecule has 384 valence electrons. The molecule has 0 aromatic heterocycles. The topological polar surface area (TPSA) is 157 Å². The second kappa shape index (κ2) is 27.1. The van der Waals surface area contributed by atoms with Crippen molar-refractivity contribution in [2.24, 2.45) is 0 Å². The van der Waals surface area contributed by atoms with E-state index in [-0.39, 0.29) is 38.6 Å². The molecule has 0 unspecified atom stereocenters. The summed E-state index contributed by atoms with van der Waals surface area (Å²) >= 11 is 39.0. The lowest BCUT2D eigenvalue weighted by atomic mass is 10.2. The number of aromatic hydroxyl groups is 3. The molecule has 0 aliphatic carbocycles. The highest BCUT2D eigenvalue weighted by Crippen LogP contribution is 2.38. The van der Waals surface area contributed by atoms with E-state index in [1.807, 2.05) is 72.8 Å². The molecule has 0 heterocycles. The Kier molecular flexibility index (Phi) is 20.5. The van der Waals surface area contributed by atoms with Gasteiger partial charge in [0.2, 0.25) is 9.84 Å². The molecule has 18 heteroatoms. The quantitative estimate of drug-likeness (QED) is 0.0387. The van der Waals surface area contributed by atoms with Crippen molar-refractivity contribution in [1.29, 1.82) is 0 Å². The highest BCUT2D eigenvalue weighted by Gasteiger charge is 2.21. The standard InChI is InChI=1S/C19H16Cl2N2OS.C19H15Cl2NO3S.C19H15Cl2NOS/c20-13-1-5-16(6-2-13)25-19-8-4-15(22)9-12(19)11-23-17-10-14(21)3-7-18(17)24;20-14-5-8-16(9-6-14)26(24,25)19-4-2-1-3-13(19)12-22-17-11-15(21)7-10-18(17)23;20-14-10-16(21)19(23)17(11-14)22-12-13-6-4-5-9-18(13)24-15-7-2-1-3-8-15/h1-10,23-24H,11,22H2;1-11,22-23H,12H2;1-11,22-23H,12H2. The van der Waals surface area contributed by atoms with E-state index in [0.717, 1.165) is 25.8 Å². The first-order valence-corrected chi connectivity index (χ1v) is 28.0. The van der Waals surface area contributed by atoms with Gasteiger partial charge in [0.15, 0.2) is 5.75 Å². The minimum absolute atomic E-state index is 0.00857.